The van der Waals surface area contributed by atoms with Crippen LogP contribution in [-0.4, -0.2) is 76.3 Å². The Morgan fingerprint density at radius 3 is 2.59 bits per heavy atom. The summed E-state index contributed by atoms with van der Waals surface area (Å²) >= 11 is 0. The summed E-state index contributed by atoms with van der Waals surface area (Å²) in [4.78, 5) is 14.4. The zero-order valence-corrected chi connectivity index (χ0v) is 23.0. The second-order valence-corrected chi connectivity index (χ2v) is 12.8. The third kappa shape index (κ3) is 7.09. The SMILES string of the molecule is CN/N=C\c1cc(C2CCC(OC[C@@H]3CN(C(=O)C4(F)CCC4)CC[C@@H]3NS(C)(=O)=O)CC2)ccc1C. The Balaban J connectivity index is 1.33. The molecule has 0 aromatic heterocycles. The first kappa shape index (κ1) is 28.0. The van der Waals surface area contributed by atoms with Crippen molar-refractivity contribution in [1.29, 1.82) is 0 Å². The first-order valence-corrected chi connectivity index (χ1v) is 15.3. The number of sulfonamides is 1. The lowest BCUT2D eigenvalue weighted by atomic mass is 9.80. The first-order chi connectivity index (χ1) is 17.6. The molecule has 4 rings (SSSR count). The van der Waals surface area contributed by atoms with Gasteiger partial charge in [0.15, 0.2) is 5.67 Å². The van der Waals surface area contributed by atoms with Crippen molar-refractivity contribution in [2.75, 3.05) is 33.0 Å². The van der Waals surface area contributed by atoms with Gasteiger partial charge in [0.25, 0.3) is 5.91 Å². The van der Waals surface area contributed by atoms with Gasteiger partial charge in [-0.2, -0.15) is 5.10 Å². The maximum atomic E-state index is 14.8. The van der Waals surface area contributed by atoms with Crippen LogP contribution in [0.25, 0.3) is 0 Å². The lowest BCUT2D eigenvalue weighted by Crippen LogP contribution is -2.58. The number of hydrogen-bond donors (Lipinski definition) is 2. The number of rotatable bonds is 9. The Bertz CT molecular complexity index is 1080. The highest BCUT2D eigenvalue weighted by Gasteiger charge is 2.48. The molecule has 206 valence electrons. The molecule has 1 aliphatic heterocycles. The summed E-state index contributed by atoms with van der Waals surface area (Å²) in [5.74, 6) is -0.188. The van der Waals surface area contributed by atoms with Crippen molar-refractivity contribution >= 4 is 22.1 Å². The van der Waals surface area contributed by atoms with Gasteiger partial charge in [-0.1, -0.05) is 12.1 Å². The number of hydrazone groups is 1. The van der Waals surface area contributed by atoms with Gasteiger partial charge in [-0.05, 0) is 87.0 Å². The molecule has 0 radical (unpaired) electrons. The number of alkyl halides is 1. The van der Waals surface area contributed by atoms with Gasteiger partial charge in [0.2, 0.25) is 10.0 Å². The van der Waals surface area contributed by atoms with E-state index in [-0.39, 0.29) is 30.9 Å². The van der Waals surface area contributed by atoms with E-state index >= 15 is 0 Å². The van der Waals surface area contributed by atoms with E-state index < -0.39 is 21.6 Å². The van der Waals surface area contributed by atoms with E-state index in [2.05, 4.69) is 40.4 Å². The van der Waals surface area contributed by atoms with Gasteiger partial charge in [0, 0.05) is 32.1 Å². The van der Waals surface area contributed by atoms with Crippen molar-refractivity contribution in [3.8, 4) is 0 Å². The van der Waals surface area contributed by atoms with Gasteiger partial charge < -0.3 is 15.1 Å². The fourth-order valence-corrected chi connectivity index (χ4v) is 6.67. The van der Waals surface area contributed by atoms with Gasteiger partial charge >= 0.3 is 0 Å². The molecule has 10 heteroatoms. The topological polar surface area (TPSA) is 100 Å². The second kappa shape index (κ2) is 11.8. The third-order valence-electron chi connectivity index (χ3n) is 8.24. The van der Waals surface area contributed by atoms with Crippen LogP contribution >= 0.6 is 0 Å². The Morgan fingerprint density at radius 2 is 1.97 bits per heavy atom. The summed E-state index contributed by atoms with van der Waals surface area (Å²) in [6.45, 7) is 3.10. The molecule has 0 unspecified atom stereocenters. The number of likely N-dealkylation sites (tertiary alicyclic amines) is 1. The molecule has 2 atom stereocenters. The minimum atomic E-state index is -3.41. The summed E-state index contributed by atoms with van der Waals surface area (Å²) in [5.41, 5.74) is 4.68. The molecule has 0 bridgehead atoms. The number of carbonyl (C=O) groups excluding carboxylic acids is 1. The van der Waals surface area contributed by atoms with Crippen molar-refractivity contribution in [3.63, 3.8) is 0 Å². The van der Waals surface area contributed by atoms with Gasteiger partial charge in [-0.15, -0.1) is 0 Å². The third-order valence-corrected chi connectivity index (χ3v) is 8.97. The van der Waals surface area contributed by atoms with Crippen molar-refractivity contribution in [2.24, 2.45) is 11.0 Å². The molecule has 1 aromatic carbocycles. The number of hydrogen-bond acceptors (Lipinski definition) is 6. The highest BCUT2D eigenvalue weighted by Crippen LogP contribution is 2.39. The van der Waals surface area contributed by atoms with E-state index in [9.17, 15) is 17.6 Å². The molecule has 2 aliphatic carbocycles. The summed E-state index contributed by atoms with van der Waals surface area (Å²) in [5, 5.41) is 4.15. The predicted octanol–water partition coefficient (Wildman–Crippen LogP) is 3.25. The molecule has 3 aliphatic rings. The number of nitrogens with zero attached hydrogens (tertiary/aromatic N) is 2. The Hall–Kier alpha value is -2.04. The summed E-state index contributed by atoms with van der Waals surface area (Å²) in [6, 6.07) is 6.24. The molecule has 2 saturated carbocycles. The average Bonchev–Trinajstić information content (AvgIpc) is 2.85. The van der Waals surface area contributed by atoms with Crippen LogP contribution in [0, 0.1) is 12.8 Å². The van der Waals surface area contributed by atoms with E-state index in [0.717, 1.165) is 43.9 Å². The highest BCUT2D eigenvalue weighted by molar-refractivity contribution is 7.88. The number of benzene rings is 1. The van der Waals surface area contributed by atoms with Crippen LogP contribution < -0.4 is 10.1 Å². The fourth-order valence-electron chi connectivity index (χ4n) is 5.81. The number of halogens is 1. The van der Waals surface area contributed by atoms with Crippen molar-refractivity contribution < 1.29 is 22.3 Å². The van der Waals surface area contributed by atoms with Gasteiger partial charge in [0.05, 0.1) is 25.2 Å². The van der Waals surface area contributed by atoms with Gasteiger partial charge in [-0.25, -0.2) is 17.5 Å². The Labute approximate surface area is 220 Å². The van der Waals surface area contributed by atoms with E-state index in [1.807, 2.05) is 6.21 Å². The Morgan fingerprint density at radius 1 is 1.24 bits per heavy atom. The van der Waals surface area contributed by atoms with Crippen molar-refractivity contribution in [2.45, 2.75) is 82.0 Å². The number of nitrogens with one attached hydrogen (secondary N) is 2. The molecule has 8 nitrogen and oxygen atoms in total. The van der Waals surface area contributed by atoms with E-state index in [1.54, 1.807) is 11.9 Å². The van der Waals surface area contributed by atoms with E-state index in [1.165, 1.54) is 11.1 Å². The molecule has 1 heterocycles. The van der Waals surface area contributed by atoms with Crippen LogP contribution in [0.4, 0.5) is 4.39 Å². The smallest absolute Gasteiger partial charge is 0.260 e. The minimum absolute atomic E-state index is 0.0936. The molecule has 0 spiro atoms. The monoisotopic (exact) mass is 536 g/mol. The summed E-state index contributed by atoms with van der Waals surface area (Å²) < 4.78 is 47.7. The maximum Gasteiger partial charge on any atom is 0.260 e. The maximum absolute atomic E-state index is 14.8. The van der Waals surface area contributed by atoms with Crippen LogP contribution in [0.2, 0.25) is 0 Å². The van der Waals surface area contributed by atoms with E-state index in [4.69, 9.17) is 4.74 Å². The number of aryl methyl sites for hydroxylation is 1. The number of ether oxygens (including phenoxy) is 1. The van der Waals surface area contributed by atoms with Crippen LogP contribution in [0.15, 0.2) is 23.3 Å². The zero-order chi connectivity index (χ0) is 26.6. The lowest BCUT2D eigenvalue weighted by Gasteiger charge is -2.43. The normalized spacial score (nSPS) is 28.2. The lowest BCUT2D eigenvalue weighted by molar-refractivity contribution is -0.153. The predicted molar refractivity (Wildman–Crippen MR) is 143 cm³/mol. The van der Waals surface area contributed by atoms with Crippen LogP contribution in [0.1, 0.15) is 74.0 Å². The first-order valence-electron chi connectivity index (χ1n) is 13.5. The van der Waals surface area contributed by atoms with E-state index in [0.29, 0.717) is 32.0 Å². The Kier molecular flexibility index (Phi) is 8.91. The quantitative estimate of drug-likeness (QED) is 0.373. The zero-order valence-electron chi connectivity index (χ0n) is 22.2. The number of amides is 1. The molecule has 1 saturated heterocycles. The van der Waals surface area contributed by atoms with Crippen LogP contribution in [0.5, 0.6) is 0 Å². The molecular formula is C27H41FN4O4S. The largest absolute Gasteiger partial charge is 0.378 e. The van der Waals surface area contributed by atoms with Crippen molar-refractivity contribution in [1.82, 2.24) is 15.0 Å². The van der Waals surface area contributed by atoms with Gasteiger partial charge in [0.1, 0.15) is 0 Å². The molecule has 1 amide bonds. The second-order valence-electron chi connectivity index (χ2n) is 11.0. The van der Waals surface area contributed by atoms with Gasteiger partial charge in [-0.3, -0.25) is 4.79 Å². The number of carbonyl (C=O) groups is 1. The highest BCUT2D eigenvalue weighted by atomic mass is 32.2. The fraction of sp³-hybridized carbons (Fsp3) is 0.704. The minimum Gasteiger partial charge on any atom is -0.378 e. The van der Waals surface area contributed by atoms with Crippen LogP contribution in [0.3, 0.4) is 0 Å². The molecular weight excluding hydrogens is 495 g/mol. The molecule has 3 fully saturated rings. The van der Waals surface area contributed by atoms with Crippen molar-refractivity contribution in [3.05, 3.63) is 34.9 Å². The molecule has 2 N–H and O–H groups in total. The number of piperidine rings is 1. The summed E-state index contributed by atoms with van der Waals surface area (Å²) in [7, 11) is -1.62. The average molecular weight is 537 g/mol. The molecule has 37 heavy (non-hydrogen) atoms. The van der Waals surface area contributed by atoms with Crippen LogP contribution in [-0.2, 0) is 19.6 Å². The summed E-state index contributed by atoms with van der Waals surface area (Å²) in [6.07, 6.45) is 8.72. The standard InChI is InChI=1S/C27H41FN4O4S/c1-19-5-6-21(15-22(19)16-30-29-2)20-7-9-24(10-8-20)36-18-23-17-32(26(33)27(28)12-4-13-27)14-11-25(23)31-37(3,34)35/h5-6,15-16,20,23-25,29,31H,4,7-14,17-18H2,1-3H3/b30-16-/t20?,23-,24?,25-/m0/s1. The molecule has 1 aromatic rings.